The van der Waals surface area contributed by atoms with Crippen LogP contribution >= 0.6 is 23.8 Å². The monoisotopic (exact) mass is 1640 g/mol. The first-order valence-electron chi connectivity index (χ1n) is 27.3. The number of benzene rings is 12. The molecule has 0 heterocycles. The van der Waals surface area contributed by atoms with E-state index in [1.807, 2.05) is 30.3 Å². The van der Waals surface area contributed by atoms with Crippen molar-refractivity contribution in [3.63, 3.8) is 0 Å². The van der Waals surface area contributed by atoms with Gasteiger partial charge in [0.1, 0.15) is 0 Å². The molecule has 0 aliphatic rings. The van der Waals surface area contributed by atoms with Gasteiger partial charge in [-0.2, -0.15) is 0 Å². The largest absolute Gasteiger partial charge is 2.00 e. The zero-order chi connectivity index (χ0) is 63.2. The van der Waals surface area contributed by atoms with Crippen molar-refractivity contribution in [3.8, 4) is 0 Å². The number of carbonyl (C=O) groups excluding carboxylic acids is 1. The van der Waals surface area contributed by atoms with Gasteiger partial charge in [0.15, 0.2) is 0 Å². The van der Waals surface area contributed by atoms with Crippen molar-refractivity contribution in [1.29, 1.82) is 0 Å². The van der Waals surface area contributed by atoms with Crippen LogP contribution in [0.1, 0.15) is 5.56 Å². The molecule has 464 valence electrons. The molecule has 0 aromatic heterocycles. The van der Waals surface area contributed by atoms with Crippen LogP contribution in [0, 0.1) is 76.7 Å². The van der Waals surface area contributed by atoms with Crippen LogP contribution in [-0.2, 0) is 53.3 Å². The van der Waals surface area contributed by atoms with Crippen molar-refractivity contribution < 1.29 is 90.8 Å². The molecule has 0 spiro atoms. The number of hydrogen-bond acceptors (Lipinski definition) is 1. The fraction of sp³-hybridized carbons (Fsp3) is 0.0133. The molecule has 1 nitrogen and oxygen atoms in total. The Kier molecular flexibility index (Phi) is 32.6. The van der Waals surface area contributed by atoms with Gasteiger partial charge in [-0.05, 0) is 77.8 Å². The molecule has 0 atom stereocenters. The van der Waals surface area contributed by atoms with Crippen molar-refractivity contribution in [1.82, 2.24) is 0 Å². The van der Waals surface area contributed by atoms with Gasteiger partial charge in [0, 0.05) is 0 Å². The number of carbonyl (C=O) groups is 1. The van der Waals surface area contributed by atoms with Gasteiger partial charge in [-0.1, -0.05) is 309 Å². The normalized spacial score (nSPS) is 10.1. The van der Waals surface area contributed by atoms with Crippen LogP contribution in [0.25, 0.3) is 0 Å². The molecule has 0 amide bonds. The summed E-state index contributed by atoms with van der Waals surface area (Å²) in [5, 5.41) is 12.6. The minimum absolute atomic E-state index is 0. The summed E-state index contributed by atoms with van der Waals surface area (Å²) in [6.45, 7) is 0. The Morgan fingerprint density at radius 2 is 0.407 bits per heavy atom. The second kappa shape index (κ2) is 40.1. The van der Waals surface area contributed by atoms with Gasteiger partial charge in [0.25, 0.3) is 0 Å². The molecular formula is C75H54F10OP3Pt2+. The molecular weight excluding hydrogens is 1590 g/mol. The third-order valence-electron chi connectivity index (χ3n) is 12.4. The molecule has 0 unspecified atom stereocenters. The Bertz CT molecular complexity index is 3310. The maximum Gasteiger partial charge on any atom is 2.00 e. The van der Waals surface area contributed by atoms with E-state index in [0.29, 0.717) is 0 Å². The zero-order valence-electron chi connectivity index (χ0n) is 47.9. The fourth-order valence-corrected chi connectivity index (χ4v) is 15.2. The van der Waals surface area contributed by atoms with Crippen LogP contribution in [0.3, 0.4) is 0 Å². The minimum Gasteiger partial charge on any atom is -0.338 e. The summed E-state index contributed by atoms with van der Waals surface area (Å²) >= 11 is 0. The van der Waals surface area contributed by atoms with E-state index in [-0.39, 0.29) is 42.1 Å². The third-order valence-corrected chi connectivity index (χ3v) is 19.7. The van der Waals surface area contributed by atoms with Gasteiger partial charge in [-0.3, -0.25) is 17.6 Å². The van der Waals surface area contributed by atoms with Crippen LogP contribution in [0.4, 0.5) is 43.9 Å². The first kappa shape index (κ1) is 73.9. The van der Waals surface area contributed by atoms with Crippen LogP contribution in [0.2, 0.25) is 0 Å². The molecule has 0 saturated carbocycles. The Labute approximate surface area is 556 Å². The van der Waals surface area contributed by atoms with E-state index in [1.165, 1.54) is 53.3 Å². The molecule has 0 bridgehead atoms. The number of aldehydes is 1. The predicted octanol–water partition coefficient (Wildman–Crippen LogP) is 16.3. The van der Waals surface area contributed by atoms with Gasteiger partial charge in [0.05, 0.1) is 58.2 Å². The summed E-state index contributed by atoms with van der Waals surface area (Å²) in [6.07, 6.45) is 3.17. The minimum atomic E-state index is -2.17. The second-order valence-electron chi connectivity index (χ2n) is 18.5. The Balaban J connectivity index is 0.000000202. The Morgan fingerprint density at radius 3 is 0.560 bits per heavy atom. The van der Waals surface area contributed by atoms with E-state index in [2.05, 4.69) is 273 Å². The van der Waals surface area contributed by atoms with Gasteiger partial charge in [0.2, 0.25) is 0 Å². The standard InChI is InChI=1S/3C18H15P.C9H9O.2C6F5.2Pt/c3*1-4-10-16(11-5-1)19(17-12-6-2-7-13-17)18-14-8-3-9-15-18;10-8-4-7-9-5-2-1-3-6-9;2*7-2-1-3(8)5(10)6(11)4(2)9;;/h3*1-15H;1-6,8H,7H2;;;;/q;;;3*-1;2*+2. The van der Waals surface area contributed by atoms with E-state index >= 15 is 0 Å². The van der Waals surface area contributed by atoms with E-state index < -0.39 is 81.9 Å². The van der Waals surface area contributed by atoms with Gasteiger partial charge >= 0.3 is 42.1 Å². The maximum absolute atomic E-state index is 12.0. The first-order valence-corrected chi connectivity index (χ1v) is 31.4. The molecule has 12 aromatic carbocycles. The first-order chi connectivity index (χ1) is 43.4. The van der Waals surface area contributed by atoms with Crippen molar-refractivity contribution in [2.75, 3.05) is 0 Å². The van der Waals surface area contributed by atoms with Gasteiger partial charge in [-0.15, -0.1) is 18.6 Å². The summed E-state index contributed by atoms with van der Waals surface area (Å²) < 4.78 is 120. The molecule has 0 saturated heterocycles. The van der Waals surface area contributed by atoms with Gasteiger partial charge < -0.3 is 11.2 Å². The maximum atomic E-state index is 12.0. The molecule has 91 heavy (non-hydrogen) atoms. The molecule has 0 fully saturated rings. The van der Waals surface area contributed by atoms with E-state index in [1.54, 1.807) is 6.42 Å². The molecule has 0 N–H and O–H groups in total. The predicted molar refractivity (Wildman–Crippen MR) is 346 cm³/mol. The van der Waals surface area contributed by atoms with E-state index in [4.69, 9.17) is 0 Å². The average Bonchev–Trinajstić information content (AvgIpc) is 2.04. The summed E-state index contributed by atoms with van der Waals surface area (Å²) in [6, 6.07) is 109. The summed E-state index contributed by atoms with van der Waals surface area (Å²) in [7, 11) is -1.34. The summed E-state index contributed by atoms with van der Waals surface area (Å²) in [4.78, 5) is 9.92. The quantitative estimate of drug-likeness (QED) is 0.0298. The number of rotatable bonds is 12. The zero-order valence-corrected chi connectivity index (χ0v) is 55.1. The van der Waals surface area contributed by atoms with Crippen molar-refractivity contribution in [2.45, 2.75) is 6.42 Å². The molecule has 16 heteroatoms. The molecule has 0 aliphatic heterocycles. The Hall–Kier alpha value is -7.85. The van der Waals surface area contributed by atoms with E-state index in [0.717, 1.165) is 24.8 Å². The third kappa shape index (κ3) is 22.8. The Morgan fingerprint density at radius 1 is 0.253 bits per heavy atom. The van der Waals surface area contributed by atoms with Crippen molar-refractivity contribution >= 4 is 77.8 Å². The molecule has 12 rings (SSSR count). The summed E-state index contributed by atoms with van der Waals surface area (Å²) in [5.74, 6) is -20.1. The topological polar surface area (TPSA) is 17.1 Å². The van der Waals surface area contributed by atoms with Crippen LogP contribution < -0.4 is 47.7 Å². The number of halogens is 10. The van der Waals surface area contributed by atoms with Crippen LogP contribution in [-0.4, -0.2) is 6.29 Å². The van der Waals surface area contributed by atoms with Crippen molar-refractivity contribution in [2.24, 2.45) is 0 Å². The smallest absolute Gasteiger partial charge is 0.338 e. The van der Waals surface area contributed by atoms with Crippen molar-refractivity contribution in [3.05, 3.63) is 386 Å². The average molecular weight is 1640 g/mol. The van der Waals surface area contributed by atoms with Gasteiger partial charge in [-0.25, -0.2) is 26.3 Å². The number of hydrogen-bond donors (Lipinski definition) is 0. The molecule has 12 aromatic rings. The fourth-order valence-electron chi connectivity index (χ4n) is 8.32. The SMILES string of the molecule is Fc1[c-]c(F)c(F)c(F)c1F.Fc1[c-]c(F)c(F)c(F)c1F.O=C[CH-]Cc1ccccc1.[Pt+2].[Pt+2].c1ccc(P(c2ccccc2)c2ccccc2)cc1.c1ccc(P(c2ccccc2)c2ccccc2)cc1.c1ccc(P(c2ccccc2)c2ccccc2)cc1. The molecule has 0 radical (unpaired) electrons. The van der Waals surface area contributed by atoms with Crippen LogP contribution in [0.15, 0.2) is 303 Å². The second-order valence-corrected chi connectivity index (χ2v) is 25.1. The van der Waals surface area contributed by atoms with E-state index in [9.17, 15) is 48.7 Å². The summed E-state index contributed by atoms with van der Waals surface area (Å²) in [5.41, 5.74) is 1.18. The van der Waals surface area contributed by atoms with Crippen LogP contribution in [0.5, 0.6) is 0 Å². The molecule has 0 aliphatic carbocycles.